The molecule has 0 fully saturated rings. The van der Waals surface area contributed by atoms with Crippen molar-refractivity contribution in [2.24, 2.45) is 0 Å². The number of esters is 1. The lowest BCUT2D eigenvalue weighted by molar-refractivity contribution is -0.144. The number of ether oxygens (including phenoxy) is 1. The minimum absolute atomic E-state index is 0.0457. The van der Waals surface area contributed by atoms with Crippen LogP contribution in [0.2, 0.25) is 0 Å². The molecule has 0 aromatic heterocycles. The van der Waals surface area contributed by atoms with E-state index in [4.69, 9.17) is 4.74 Å². The number of ketones is 1. The monoisotopic (exact) mass is 437 g/mol. The normalized spacial score (nSPS) is 12.2. The van der Waals surface area contributed by atoms with Crippen molar-refractivity contribution in [3.8, 4) is 0 Å². The van der Waals surface area contributed by atoms with Gasteiger partial charge in [-0.15, -0.1) is 0 Å². The molecule has 0 saturated heterocycles. The number of hydrogen-bond acceptors (Lipinski definition) is 5. The highest BCUT2D eigenvalue weighted by molar-refractivity contribution is 7.89. The van der Waals surface area contributed by atoms with Crippen LogP contribution in [0.25, 0.3) is 0 Å². The summed E-state index contributed by atoms with van der Waals surface area (Å²) in [5.74, 6) is -1.18. The van der Waals surface area contributed by atoms with E-state index in [1.54, 1.807) is 66.7 Å². The van der Waals surface area contributed by atoms with Crippen LogP contribution >= 0.6 is 0 Å². The zero-order chi connectivity index (χ0) is 22.3. The number of rotatable bonds is 9. The lowest BCUT2D eigenvalue weighted by Gasteiger charge is -2.18. The van der Waals surface area contributed by atoms with Gasteiger partial charge in [-0.25, -0.2) is 8.42 Å². The molecule has 1 unspecified atom stereocenters. The minimum Gasteiger partial charge on any atom is -0.456 e. The maximum atomic E-state index is 12.8. The molecule has 6 nitrogen and oxygen atoms in total. The van der Waals surface area contributed by atoms with Crippen molar-refractivity contribution >= 4 is 21.8 Å². The quantitative estimate of drug-likeness (QED) is 0.410. The van der Waals surface area contributed by atoms with Crippen molar-refractivity contribution in [3.05, 3.63) is 102 Å². The van der Waals surface area contributed by atoms with E-state index in [-0.39, 0.29) is 17.1 Å². The lowest BCUT2D eigenvalue weighted by Crippen LogP contribution is -2.43. The Morgan fingerprint density at radius 2 is 1.45 bits per heavy atom. The third-order valence-electron chi connectivity index (χ3n) is 4.64. The Bertz CT molecular complexity index is 1130. The van der Waals surface area contributed by atoms with Crippen LogP contribution in [0.5, 0.6) is 0 Å². The second-order valence-corrected chi connectivity index (χ2v) is 8.79. The van der Waals surface area contributed by atoms with Crippen LogP contribution in [0, 0.1) is 6.92 Å². The zero-order valence-electron chi connectivity index (χ0n) is 17.0. The molecule has 0 amide bonds. The van der Waals surface area contributed by atoms with Crippen molar-refractivity contribution in [3.63, 3.8) is 0 Å². The number of benzene rings is 3. The molecule has 0 saturated carbocycles. The maximum absolute atomic E-state index is 12.8. The van der Waals surface area contributed by atoms with Gasteiger partial charge in [0.2, 0.25) is 10.0 Å². The molecular formula is C24H23NO5S. The van der Waals surface area contributed by atoms with Gasteiger partial charge in [0, 0.05) is 5.56 Å². The molecule has 3 aromatic rings. The molecule has 0 aliphatic heterocycles. The zero-order valence-corrected chi connectivity index (χ0v) is 17.8. The van der Waals surface area contributed by atoms with Crippen molar-refractivity contribution in [2.45, 2.75) is 24.3 Å². The molecule has 0 heterocycles. The summed E-state index contributed by atoms with van der Waals surface area (Å²) < 4.78 is 33.2. The average molecular weight is 438 g/mol. The number of hydrogen-bond donors (Lipinski definition) is 1. The summed E-state index contributed by atoms with van der Waals surface area (Å²) in [5.41, 5.74) is 2.08. The van der Waals surface area contributed by atoms with Crippen LogP contribution in [0.15, 0.2) is 89.8 Å². The summed E-state index contributed by atoms with van der Waals surface area (Å²) in [7, 11) is -3.97. The standard InChI is InChI=1S/C24H23NO5S/c1-18-12-14-21(15-13-18)31(28,29)25-22(16-19-8-4-2-5-9-19)24(27)30-17-23(26)20-10-6-3-7-11-20/h2-15,22,25H,16-17H2,1H3. The van der Waals surface area contributed by atoms with E-state index in [9.17, 15) is 18.0 Å². The molecule has 31 heavy (non-hydrogen) atoms. The Labute approximate surface area is 181 Å². The smallest absolute Gasteiger partial charge is 0.324 e. The third kappa shape index (κ3) is 6.34. The van der Waals surface area contributed by atoms with Gasteiger partial charge in [0.1, 0.15) is 6.04 Å². The highest BCUT2D eigenvalue weighted by Gasteiger charge is 2.28. The number of sulfonamides is 1. The van der Waals surface area contributed by atoms with E-state index in [0.717, 1.165) is 11.1 Å². The molecular weight excluding hydrogens is 414 g/mol. The first kappa shape index (κ1) is 22.4. The third-order valence-corrected chi connectivity index (χ3v) is 6.12. The van der Waals surface area contributed by atoms with Crippen LogP contribution in [0.4, 0.5) is 0 Å². The SMILES string of the molecule is Cc1ccc(S(=O)(=O)NC(Cc2ccccc2)C(=O)OCC(=O)c2ccccc2)cc1. The first-order valence-corrected chi connectivity index (χ1v) is 11.2. The molecule has 1 N–H and O–H groups in total. The molecule has 1 atom stereocenters. The molecule has 3 rings (SSSR count). The summed E-state index contributed by atoms with van der Waals surface area (Å²) in [5, 5.41) is 0. The number of nitrogens with one attached hydrogen (secondary N) is 1. The van der Waals surface area contributed by atoms with E-state index in [2.05, 4.69) is 4.72 Å². The molecule has 3 aromatic carbocycles. The fourth-order valence-corrected chi connectivity index (χ4v) is 4.12. The van der Waals surface area contributed by atoms with Crippen molar-refractivity contribution in [2.75, 3.05) is 6.61 Å². The van der Waals surface area contributed by atoms with Gasteiger partial charge in [0.15, 0.2) is 12.4 Å². The Hall–Kier alpha value is -3.29. The van der Waals surface area contributed by atoms with Gasteiger partial charge in [-0.3, -0.25) is 9.59 Å². The second-order valence-electron chi connectivity index (χ2n) is 7.07. The first-order chi connectivity index (χ1) is 14.8. The predicted octanol–water partition coefficient (Wildman–Crippen LogP) is 3.31. The van der Waals surface area contributed by atoms with Gasteiger partial charge in [0.25, 0.3) is 0 Å². The largest absolute Gasteiger partial charge is 0.456 e. The van der Waals surface area contributed by atoms with Gasteiger partial charge in [-0.05, 0) is 31.0 Å². The van der Waals surface area contributed by atoms with Gasteiger partial charge in [0.05, 0.1) is 4.90 Å². The maximum Gasteiger partial charge on any atom is 0.324 e. The average Bonchev–Trinajstić information content (AvgIpc) is 2.78. The van der Waals surface area contributed by atoms with Crippen molar-refractivity contribution in [1.82, 2.24) is 4.72 Å². The molecule has 7 heteroatoms. The number of aryl methyl sites for hydroxylation is 1. The lowest BCUT2D eigenvalue weighted by atomic mass is 10.1. The summed E-state index contributed by atoms with van der Waals surface area (Å²) in [6.07, 6.45) is 0.0876. The molecule has 0 radical (unpaired) electrons. The Morgan fingerprint density at radius 3 is 2.06 bits per heavy atom. The van der Waals surface area contributed by atoms with Crippen LogP contribution in [0.3, 0.4) is 0 Å². The number of Topliss-reactive ketones (excluding diaryl/α,β-unsaturated/α-hetero) is 1. The Balaban J connectivity index is 1.76. The van der Waals surface area contributed by atoms with Gasteiger partial charge in [-0.2, -0.15) is 4.72 Å². The summed E-state index contributed by atoms with van der Waals surface area (Å²) in [4.78, 5) is 25.0. The van der Waals surface area contributed by atoms with Crippen LogP contribution in [0.1, 0.15) is 21.5 Å². The fraction of sp³-hybridized carbons (Fsp3) is 0.167. The van der Waals surface area contributed by atoms with Crippen molar-refractivity contribution < 1.29 is 22.7 Å². The van der Waals surface area contributed by atoms with E-state index >= 15 is 0 Å². The van der Waals surface area contributed by atoms with E-state index < -0.39 is 28.6 Å². The first-order valence-electron chi connectivity index (χ1n) is 9.73. The minimum atomic E-state index is -3.97. The summed E-state index contributed by atoms with van der Waals surface area (Å²) in [6, 6.07) is 22.6. The van der Waals surface area contributed by atoms with Gasteiger partial charge < -0.3 is 4.74 Å². The summed E-state index contributed by atoms with van der Waals surface area (Å²) >= 11 is 0. The van der Waals surface area contributed by atoms with Crippen LogP contribution < -0.4 is 4.72 Å². The van der Waals surface area contributed by atoms with E-state index in [0.29, 0.717) is 5.56 Å². The van der Waals surface area contributed by atoms with Crippen LogP contribution in [-0.4, -0.2) is 32.8 Å². The Morgan fingerprint density at radius 1 is 0.871 bits per heavy atom. The molecule has 0 bridgehead atoms. The fourth-order valence-electron chi connectivity index (χ4n) is 2.94. The molecule has 0 spiro atoms. The molecule has 160 valence electrons. The van der Waals surface area contributed by atoms with Gasteiger partial charge in [-0.1, -0.05) is 78.4 Å². The number of carbonyl (C=O) groups excluding carboxylic acids is 2. The second kappa shape index (κ2) is 10.1. The highest BCUT2D eigenvalue weighted by Crippen LogP contribution is 2.13. The predicted molar refractivity (Wildman–Crippen MR) is 117 cm³/mol. The summed E-state index contributed by atoms with van der Waals surface area (Å²) in [6.45, 7) is 1.38. The molecule has 0 aliphatic rings. The highest BCUT2D eigenvalue weighted by atomic mass is 32.2. The van der Waals surface area contributed by atoms with Gasteiger partial charge >= 0.3 is 5.97 Å². The van der Waals surface area contributed by atoms with Crippen LogP contribution in [-0.2, 0) is 26.0 Å². The number of carbonyl (C=O) groups is 2. The van der Waals surface area contributed by atoms with Crippen molar-refractivity contribution in [1.29, 1.82) is 0 Å². The van der Waals surface area contributed by atoms with E-state index in [1.165, 1.54) is 12.1 Å². The molecule has 0 aliphatic carbocycles. The Kier molecular flexibility index (Phi) is 7.33. The van der Waals surface area contributed by atoms with E-state index in [1.807, 2.05) is 13.0 Å². The topological polar surface area (TPSA) is 89.5 Å².